The minimum Gasteiger partial charge on any atom is -0.466 e. The third-order valence-corrected chi connectivity index (χ3v) is 3.33. The zero-order valence-corrected chi connectivity index (χ0v) is 17.0. The molecule has 0 rings (SSSR count). The second-order valence-electron chi connectivity index (χ2n) is 6.78. The summed E-state index contributed by atoms with van der Waals surface area (Å²) in [5.41, 5.74) is 2.67. The summed E-state index contributed by atoms with van der Waals surface area (Å²) >= 11 is 0. The molecule has 0 saturated carbocycles. The number of carbonyl (C=O) groups excluding carboxylic acids is 2. The highest BCUT2D eigenvalue weighted by Crippen LogP contribution is 2.20. The molecule has 1 N–H and O–H groups in total. The Balaban J connectivity index is 5.72. The van der Waals surface area contributed by atoms with Crippen LogP contribution >= 0.6 is 0 Å². The van der Waals surface area contributed by atoms with Gasteiger partial charge in [0.25, 0.3) is 0 Å². The molecule has 5 nitrogen and oxygen atoms in total. The van der Waals surface area contributed by atoms with Crippen molar-refractivity contribution in [1.82, 2.24) is 5.32 Å². The van der Waals surface area contributed by atoms with Crippen LogP contribution in [-0.4, -0.2) is 24.8 Å². The fourth-order valence-electron chi connectivity index (χ4n) is 2.09. The molecule has 0 aliphatic heterocycles. The fourth-order valence-corrected chi connectivity index (χ4v) is 2.09. The molecule has 0 saturated heterocycles. The van der Waals surface area contributed by atoms with E-state index in [-0.39, 0.29) is 5.97 Å². The lowest BCUT2D eigenvalue weighted by atomic mass is 9.98. The van der Waals surface area contributed by atoms with E-state index in [2.05, 4.69) is 18.5 Å². The molecule has 0 aliphatic rings. The molecule has 0 fully saturated rings. The molecule has 0 heterocycles. The molecule has 1 amide bonds. The molecule has 0 spiro atoms. The van der Waals surface area contributed by atoms with Crippen LogP contribution in [0.3, 0.4) is 0 Å². The van der Waals surface area contributed by atoms with Crippen molar-refractivity contribution in [2.24, 2.45) is 0 Å². The summed E-state index contributed by atoms with van der Waals surface area (Å²) in [6.07, 6.45) is 5.09. The molecule has 0 aliphatic carbocycles. The highest BCUT2D eigenvalue weighted by atomic mass is 16.6. The van der Waals surface area contributed by atoms with Crippen molar-refractivity contribution in [3.63, 3.8) is 0 Å². The number of methoxy groups -OCH3 is 1. The zero-order chi connectivity index (χ0) is 20.5. The van der Waals surface area contributed by atoms with Crippen molar-refractivity contribution in [3.8, 4) is 0 Å². The van der Waals surface area contributed by atoms with Gasteiger partial charge in [0, 0.05) is 11.3 Å². The number of allylic oxidation sites excluding steroid dienone is 6. The molecule has 0 atom stereocenters. The zero-order valence-electron chi connectivity index (χ0n) is 17.0. The summed E-state index contributed by atoms with van der Waals surface area (Å²) < 4.78 is 10.1. The molecular formula is C21H31NO4. The molecule has 0 radical (unpaired) electrons. The molecular weight excluding hydrogens is 330 g/mol. The van der Waals surface area contributed by atoms with Crippen LogP contribution in [0.15, 0.2) is 59.4 Å². The standard InChI is InChI=1S/C21H31NO4/c1-10-16(17(11-2)19(23)25-9)15(5)12-13-18(14(3)4)22-20(24)26-21(6,7)8/h10,12-13H,1,3,11H2,2,4-9H3,(H,22,24)/b15-12+,17-16-,18-13+. The molecule has 0 aromatic carbocycles. The van der Waals surface area contributed by atoms with E-state index in [1.165, 1.54) is 7.11 Å². The van der Waals surface area contributed by atoms with Crippen molar-refractivity contribution in [2.45, 2.75) is 53.6 Å². The van der Waals surface area contributed by atoms with Crippen molar-refractivity contribution >= 4 is 12.1 Å². The average molecular weight is 361 g/mol. The Bertz CT molecular complexity index is 658. The minimum absolute atomic E-state index is 0.383. The Morgan fingerprint density at radius 1 is 1.15 bits per heavy atom. The van der Waals surface area contributed by atoms with Crippen LogP contribution in [0.2, 0.25) is 0 Å². The van der Waals surface area contributed by atoms with Crippen LogP contribution in [0.25, 0.3) is 0 Å². The van der Waals surface area contributed by atoms with Gasteiger partial charge >= 0.3 is 12.1 Å². The summed E-state index contributed by atoms with van der Waals surface area (Å²) in [5.74, 6) is -0.383. The summed E-state index contributed by atoms with van der Waals surface area (Å²) in [6, 6.07) is 0. The lowest BCUT2D eigenvalue weighted by Crippen LogP contribution is -2.32. The molecule has 0 bridgehead atoms. The van der Waals surface area contributed by atoms with Crippen molar-refractivity contribution < 1.29 is 19.1 Å². The van der Waals surface area contributed by atoms with Crippen molar-refractivity contribution in [3.05, 3.63) is 59.4 Å². The van der Waals surface area contributed by atoms with Gasteiger partial charge in [0.05, 0.1) is 7.11 Å². The van der Waals surface area contributed by atoms with Gasteiger partial charge in [-0.3, -0.25) is 5.32 Å². The van der Waals surface area contributed by atoms with E-state index in [4.69, 9.17) is 9.47 Å². The Morgan fingerprint density at radius 2 is 1.73 bits per heavy atom. The quantitative estimate of drug-likeness (QED) is 0.394. The van der Waals surface area contributed by atoms with Gasteiger partial charge in [-0.2, -0.15) is 0 Å². The van der Waals surface area contributed by atoms with E-state index in [1.807, 2.05) is 13.8 Å². The van der Waals surface area contributed by atoms with Gasteiger partial charge in [0.1, 0.15) is 5.60 Å². The highest BCUT2D eigenvalue weighted by Gasteiger charge is 2.17. The monoisotopic (exact) mass is 361 g/mol. The molecule has 0 aromatic heterocycles. The Morgan fingerprint density at radius 3 is 2.12 bits per heavy atom. The molecule has 0 unspecified atom stereocenters. The molecule has 0 aromatic rings. The van der Waals surface area contributed by atoms with Crippen LogP contribution < -0.4 is 5.32 Å². The fraction of sp³-hybridized carbons (Fsp3) is 0.429. The van der Waals surface area contributed by atoms with E-state index in [1.54, 1.807) is 45.9 Å². The van der Waals surface area contributed by atoms with E-state index >= 15 is 0 Å². The first-order valence-corrected chi connectivity index (χ1v) is 8.45. The summed E-state index contributed by atoms with van der Waals surface area (Å²) in [6.45, 7) is 18.5. The maximum Gasteiger partial charge on any atom is 0.412 e. The first-order chi connectivity index (χ1) is 12.0. The lowest BCUT2D eigenvalue weighted by molar-refractivity contribution is -0.136. The average Bonchev–Trinajstić information content (AvgIpc) is 2.53. The number of hydrogen-bond donors (Lipinski definition) is 1. The molecule has 5 heteroatoms. The van der Waals surface area contributed by atoms with Gasteiger partial charge in [-0.25, -0.2) is 9.59 Å². The third-order valence-electron chi connectivity index (χ3n) is 3.33. The van der Waals surface area contributed by atoms with Crippen molar-refractivity contribution in [2.75, 3.05) is 7.11 Å². The normalized spacial score (nSPS) is 13.5. The van der Waals surface area contributed by atoms with Crippen LogP contribution in [0.4, 0.5) is 4.79 Å². The van der Waals surface area contributed by atoms with Crippen LogP contribution in [-0.2, 0) is 14.3 Å². The molecule has 26 heavy (non-hydrogen) atoms. The Hall–Kier alpha value is -2.56. The smallest absolute Gasteiger partial charge is 0.412 e. The van der Waals surface area contributed by atoms with E-state index < -0.39 is 11.7 Å². The number of alkyl carbamates (subject to hydrolysis) is 1. The second-order valence-corrected chi connectivity index (χ2v) is 6.78. The minimum atomic E-state index is -0.592. The number of amides is 1. The number of carbonyl (C=O) groups is 2. The topological polar surface area (TPSA) is 64.6 Å². The van der Waals surface area contributed by atoms with Gasteiger partial charge in [0.2, 0.25) is 0 Å². The van der Waals surface area contributed by atoms with Gasteiger partial charge in [0.15, 0.2) is 0 Å². The number of nitrogens with one attached hydrogen (secondary N) is 1. The van der Waals surface area contributed by atoms with Crippen molar-refractivity contribution in [1.29, 1.82) is 0 Å². The van der Waals surface area contributed by atoms with Gasteiger partial charge in [-0.15, -0.1) is 0 Å². The summed E-state index contributed by atoms with van der Waals surface area (Å²) in [7, 11) is 1.35. The third kappa shape index (κ3) is 8.01. The van der Waals surface area contributed by atoms with E-state index in [0.29, 0.717) is 28.8 Å². The van der Waals surface area contributed by atoms with Crippen LogP contribution in [0.5, 0.6) is 0 Å². The SMILES string of the molecule is C=CC(=C(\CC)C(=O)OC)/C(C)=C/C=C(/NC(=O)OC(C)(C)C)C(=C)C. The highest BCUT2D eigenvalue weighted by molar-refractivity contribution is 5.90. The number of esters is 1. The second kappa shape index (κ2) is 10.4. The Kier molecular flexibility index (Phi) is 9.41. The summed E-state index contributed by atoms with van der Waals surface area (Å²) in [4.78, 5) is 23.9. The van der Waals surface area contributed by atoms with Crippen LogP contribution in [0.1, 0.15) is 48.0 Å². The van der Waals surface area contributed by atoms with E-state index in [9.17, 15) is 9.59 Å². The van der Waals surface area contributed by atoms with Crippen LogP contribution in [0, 0.1) is 0 Å². The van der Waals surface area contributed by atoms with Gasteiger partial charge in [-0.05, 0) is 63.8 Å². The number of rotatable bonds is 7. The van der Waals surface area contributed by atoms with Gasteiger partial charge < -0.3 is 9.47 Å². The number of hydrogen-bond acceptors (Lipinski definition) is 4. The lowest BCUT2D eigenvalue weighted by Gasteiger charge is -2.20. The Labute approximate surface area is 157 Å². The van der Waals surface area contributed by atoms with E-state index in [0.717, 1.165) is 5.57 Å². The maximum atomic E-state index is 12.0. The van der Waals surface area contributed by atoms with Gasteiger partial charge in [-0.1, -0.05) is 32.2 Å². The summed E-state index contributed by atoms with van der Waals surface area (Å²) in [5, 5.41) is 2.68. The first-order valence-electron chi connectivity index (χ1n) is 8.45. The predicted octanol–water partition coefficient (Wildman–Crippen LogP) is 4.98. The molecule has 144 valence electrons. The predicted molar refractivity (Wildman–Crippen MR) is 106 cm³/mol. The first kappa shape index (κ1) is 23.4. The largest absolute Gasteiger partial charge is 0.466 e. The maximum absolute atomic E-state index is 12.0. The number of ether oxygens (including phenoxy) is 2.